The van der Waals surface area contributed by atoms with Crippen LogP contribution < -0.4 is 10.6 Å². The van der Waals surface area contributed by atoms with Crippen LogP contribution in [0.2, 0.25) is 0 Å². The highest BCUT2D eigenvalue weighted by Gasteiger charge is 2.26. The molecule has 3 unspecified atom stereocenters. The van der Waals surface area contributed by atoms with Crippen molar-refractivity contribution in [2.24, 2.45) is 5.92 Å². The number of amides is 2. The maximum atomic E-state index is 11.8. The Morgan fingerprint density at radius 3 is 2.05 bits per heavy atom. The zero-order valence-electron chi connectivity index (χ0n) is 12.9. The van der Waals surface area contributed by atoms with E-state index in [2.05, 4.69) is 24.5 Å². The molecule has 0 aromatic heterocycles. The summed E-state index contributed by atoms with van der Waals surface area (Å²) in [4.78, 5) is 24.7. The monoisotopic (exact) mass is 289 g/mol. The van der Waals surface area contributed by atoms with Crippen LogP contribution in [0.25, 0.3) is 0 Å². The van der Waals surface area contributed by atoms with Crippen molar-refractivity contribution in [3.63, 3.8) is 0 Å². The minimum absolute atomic E-state index is 0.0755. The number of urea groups is 1. The molecule has 0 aliphatic carbocycles. The number of aliphatic hydroxyl groups excluding tert-OH is 1. The van der Waals surface area contributed by atoms with Crippen LogP contribution in [-0.2, 0) is 4.79 Å². The smallest absolute Gasteiger partial charge is 0.328 e. The number of carboxylic acid groups (broad SMARTS) is 1. The van der Waals surface area contributed by atoms with Crippen LogP contribution >= 0.6 is 0 Å². The van der Waals surface area contributed by atoms with Gasteiger partial charge in [0.2, 0.25) is 0 Å². The number of hydrogen-bond donors (Lipinski definition) is 4. The number of likely N-dealkylation sites (N-methyl/N-ethyl adjacent to an activating group) is 1. The van der Waals surface area contributed by atoms with Gasteiger partial charge in [0.15, 0.2) is 6.04 Å². The average molecular weight is 289 g/mol. The van der Waals surface area contributed by atoms with E-state index in [4.69, 9.17) is 5.11 Å². The van der Waals surface area contributed by atoms with Gasteiger partial charge in [-0.1, -0.05) is 13.8 Å². The van der Waals surface area contributed by atoms with Crippen molar-refractivity contribution in [1.82, 2.24) is 15.5 Å². The zero-order chi connectivity index (χ0) is 15.9. The molecule has 7 nitrogen and oxygen atoms in total. The lowest BCUT2D eigenvalue weighted by atomic mass is 10.0. The minimum atomic E-state index is -1.31. The third-order valence-electron chi connectivity index (χ3n) is 2.71. The molecule has 0 aliphatic rings. The van der Waals surface area contributed by atoms with Crippen molar-refractivity contribution < 1.29 is 19.8 Å². The van der Waals surface area contributed by atoms with Gasteiger partial charge in [0.1, 0.15) is 0 Å². The number of aliphatic carboxylic acids is 1. The van der Waals surface area contributed by atoms with Gasteiger partial charge in [-0.2, -0.15) is 0 Å². The van der Waals surface area contributed by atoms with E-state index in [0.717, 1.165) is 6.42 Å². The number of carbonyl (C=O) groups is 2. The third-order valence-corrected chi connectivity index (χ3v) is 2.71. The van der Waals surface area contributed by atoms with Crippen LogP contribution in [0.3, 0.4) is 0 Å². The first-order valence-corrected chi connectivity index (χ1v) is 6.76. The van der Waals surface area contributed by atoms with Gasteiger partial charge in [-0.25, -0.2) is 9.59 Å². The molecule has 2 amide bonds. The fourth-order valence-corrected chi connectivity index (χ4v) is 1.95. The molecule has 0 aliphatic heterocycles. The van der Waals surface area contributed by atoms with E-state index in [0.29, 0.717) is 12.5 Å². The Morgan fingerprint density at radius 1 is 1.15 bits per heavy atom. The summed E-state index contributed by atoms with van der Waals surface area (Å²) >= 11 is 0. The Kier molecular flexibility index (Phi) is 8.17. The second kappa shape index (κ2) is 8.76. The van der Waals surface area contributed by atoms with E-state index < -0.39 is 24.1 Å². The van der Waals surface area contributed by atoms with Gasteiger partial charge < -0.3 is 25.7 Å². The number of hydrogen-bond acceptors (Lipinski definition) is 4. The Bertz CT molecular complexity index is 309. The summed E-state index contributed by atoms with van der Waals surface area (Å²) in [5.41, 5.74) is 0. The summed E-state index contributed by atoms with van der Waals surface area (Å²) < 4.78 is 0. The molecule has 0 rings (SSSR count). The topological polar surface area (TPSA) is 102 Å². The van der Waals surface area contributed by atoms with Crippen LogP contribution in [0.15, 0.2) is 0 Å². The molecule has 0 spiro atoms. The van der Waals surface area contributed by atoms with Crippen molar-refractivity contribution in [2.75, 3.05) is 20.6 Å². The highest BCUT2D eigenvalue weighted by Crippen LogP contribution is 2.05. The Balaban J connectivity index is 4.54. The number of rotatable bonds is 8. The maximum Gasteiger partial charge on any atom is 0.328 e. The summed E-state index contributed by atoms with van der Waals surface area (Å²) in [6, 6.07) is -1.96. The zero-order valence-corrected chi connectivity index (χ0v) is 12.9. The molecule has 0 heterocycles. The molecule has 118 valence electrons. The predicted molar refractivity (Wildman–Crippen MR) is 76.6 cm³/mol. The van der Waals surface area contributed by atoms with E-state index >= 15 is 0 Å². The van der Waals surface area contributed by atoms with Gasteiger partial charge >= 0.3 is 12.0 Å². The number of carboxylic acids is 1. The molecule has 0 aromatic carbocycles. The van der Waals surface area contributed by atoms with Gasteiger partial charge in [-0.05, 0) is 33.4 Å². The van der Waals surface area contributed by atoms with E-state index in [1.54, 1.807) is 0 Å². The van der Waals surface area contributed by atoms with Crippen molar-refractivity contribution >= 4 is 12.0 Å². The van der Waals surface area contributed by atoms with Crippen LogP contribution in [0.5, 0.6) is 0 Å². The molecule has 0 fully saturated rings. The Hall–Kier alpha value is -1.34. The highest BCUT2D eigenvalue weighted by molar-refractivity contribution is 5.83. The fraction of sp³-hybridized carbons (Fsp3) is 0.846. The van der Waals surface area contributed by atoms with E-state index in [9.17, 15) is 14.7 Å². The first kappa shape index (κ1) is 18.7. The second-order valence-electron chi connectivity index (χ2n) is 5.76. The first-order valence-electron chi connectivity index (χ1n) is 6.76. The lowest BCUT2D eigenvalue weighted by Gasteiger charge is -2.25. The van der Waals surface area contributed by atoms with Crippen molar-refractivity contribution in [3.05, 3.63) is 0 Å². The Morgan fingerprint density at radius 2 is 1.70 bits per heavy atom. The normalized spacial score (nSPS) is 15.8. The van der Waals surface area contributed by atoms with Crippen LogP contribution in [-0.4, -0.2) is 65.9 Å². The molecule has 0 bridgehead atoms. The highest BCUT2D eigenvalue weighted by atomic mass is 16.4. The minimum Gasteiger partial charge on any atom is -0.480 e. The second-order valence-corrected chi connectivity index (χ2v) is 5.76. The number of nitrogens with zero attached hydrogens (tertiary/aromatic N) is 1. The molecule has 7 heteroatoms. The van der Waals surface area contributed by atoms with Crippen molar-refractivity contribution in [3.8, 4) is 0 Å². The van der Waals surface area contributed by atoms with E-state index in [1.807, 2.05) is 19.0 Å². The van der Waals surface area contributed by atoms with Gasteiger partial charge in [-0.3, -0.25) is 0 Å². The maximum absolute atomic E-state index is 11.8. The summed E-state index contributed by atoms with van der Waals surface area (Å²) in [6.07, 6.45) is -0.367. The molecule has 4 N–H and O–H groups in total. The van der Waals surface area contributed by atoms with Gasteiger partial charge in [0, 0.05) is 12.6 Å². The van der Waals surface area contributed by atoms with Crippen LogP contribution in [0, 0.1) is 5.92 Å². The molecular formula is C13H27N3O4. The number of nitrogens with one attached hydrogen (secondary N) is 2. The van der Waals surface area contributed by atoms with Crippen molar-refractivity contribution in [1.29, 1.82) is 0 Å². The summed E-state index contributed by atoms with van der Waals surface area (Å²) in [7, 11) is 3.81. The molecule has 0 saturated heterocycles. The molecule has 20 heavy (non-hydrogen) atoms. The Labute approximate surface area is 120 Å². The van der Waals surface area contributed by atoms with E-state index in [-0.39, 0.29) is 6.04 Å². The molecule has 3 atom stereocenters. The van der Waals surface area contributed by atoms with Crippen LogP contribution in [0.1, 0.15) is 27.2 Å². The first-order chi connectivity index (χ1) is 9.13. The SMILES string of the molecule is CC(C)CC(CN(C)C)NC(=O)NC(C(=O)O)C(C)O. The lowest BCUT2D eigenvalue weighted by Crippen LogP contribution is -2.54. The van der Waals surface area contributed by atoms with Gasteiger partial charge in [0.05, 0.1) is 6.10 Å². The summed E-state index contributed by atoms with van der Waals surface area (Å²) in [5.74, 6) is -0.851. The predicted octanol–water partition coefficient (Wildman–Crippen LogP) is 0.0959. The van der Waals surface area contributed by atoms with Gasteiger partial charge in [-0.15, -0.1) is 0 Å². The fourth-order valence-electron chi connectivity index (χ4n) is 1.95. The lowest BCUT2D eigenvalue weighted by molar-refractivity contribution is -0.141. The molecular weight excluding hydrogens is 262 g/mol. The van der Waals surface area contributed by atoms with Gasteiger partial charge in [0.25, 0.3) is 0 Å². The molecule has 0 radical (unpaired) electrons. The number of carbonyl (C=O) groups excluding carboxylic acids is 1. The van der Waals surface area contributed by atoms with Crippen LogP contribution in [0.4, 0.5) is 4.79 Å². The summed E-state index contributed by atoms with van der Waals surface area (Å²) in [5, 5.41) is 23.3. The largest absolute Gasteiger partial charge is 0.480 e. The standard InChI is InChI=1S/C13H27N3O4/c1-8(2)6-10(7-16(4)5)14-13(20)15-11(9(3)17)12(18)19/h8-11,17H,6-7H2,1-5H3,(H,18,19)(H2,14,15,20). The average Bonchev–Trinajstić information content (AvgIpc) is 2.22. The molecule has 0 saturated carbocycles. The summed E-state index contributed by atoms with van der Waals surface area (Å²) in [6.45, 7) is 6.10. The number of aliphatic hydroxyl groups is 1. The molecule has 0 aromatic rings. The van der Waals surface area contributed by atoms with E-state index in [1.165, 1.54) is 6.92 Å². The quantitative estimate of drug-likeness (QED) is 0.507. The van der Waals surface area contributed by atoms with Crippen molar-refractivity contribution in [2.45, 2.75) is 45.4 Å². The third kappa shape index (κ3) is 7.96.